The van der Waals surface area contributed by atoms with Gasteiger partial charge in [-0.15, -0.1) is 0 Å². The van der Waals surface area contributed by atoms with Crippen molar-refractivity contribution in [3.8, 4) is 0 Å². The summed E-state index contributed by atoms with van der Waals surface area (Å²) in [6.45, 7) is 3.11. The number of hydrogen-bond acceptors (Lipinski definition) is 4. The Balaban J connectivity index is 1.95. The number of halogens is 3. The molecule has 3 rings (SSSR count). The molecule has 0 aromatic heterocycles. The minimum absolute atomic E-state index is 0.255. The molecule has 0 atom stereocenters. The van der Waals surface area contributed by atoms with E-state index in [0.29, 0.717) is 16.8 Å². The van der Waals surface area contributed by atoms with E-state index in [2.05, 4.69) is 9.62 Å². The van der Waals surface area contributed by atoms with E-state index in [9.17, 15) is 17.2 Å². The number of rotatable bonds is 4. The van der Waals surface area contributed by atoms with Crippen LogP contribution < -0.4 is 9.62 Å². The molecule has 1 heterocycles. The largest absolute Gasteiger partial charge is 0.367 e. The van der Waals surface area contributed by atoms with E-state index in [1.165, 1.54) is 6.07 Å². The fourth-order valence-corrected chi connectivity index (χ4v) is 4.10. The molecule has 0 unspecified atom stereocenters. The van der Waals surface area contributed by atoms with E-state index >= 15 is 0 Å². The van der Waals surface area contributed by atoms with Crippen molar-refractivity contribution in [1.29, 1.82) is 0 Å². The van der Waals surface area contributed by atoms with Crippen LogP contribution >= 0.6 is 11.6 Å². The van der Waals surface area contributed by atoms with Crippen molar-refractivity contribution in [2.75, 3.05) is 42.8 Å². The van der Waals surface area contributed by atoms with Gasteiger partial charge in [-0.25, -0.2) is 17.2 Å². The van der Waals surface area contributed by atoms with Crippen LogP contribution in [0.4, 0.5) is 20.2 Å². The summed E-state index contributed by atoms with van der Waals surface area (Å²) in [5, 5.41) is 0.347. The zero-order valence-electron chi connectivity index (χ0n) is 14.0. The highest BCUT2D eigenvalue weighted by atomic mass is 35.5. The number of anilines is 2. The second-order valence-corrected chi connectivity index (χ2v) is 8.22. The Bertz CT molecular complexity index is 916. The first-order chi connectivity index (χ1) is 12.3. The maximum atomic E-state index is 13.9. The molecule has 140 valence electrons. The highest BCUT2D eigenvalue weighted by molar-refractivity contribution is 7.92. The van der Waals surface area contributed by atoms with Crippen LogP contribution in [0.15, 0.2) is 41.3 Å². The van der Waals surface area contributed by atoms with Gasteiger partial charge in [-0.3, -0.25) is 4.72 Å². The normalized spacial score (nSPS) is 15.9. The first-order valence-electron chi connectivity index (χ1n) is 7.97. The summed E-state index contributed by atoms with van der Waals surface area (Å²) in [6.07, 6.45) is 0. The van der Waals surface area contributed by atoms with Gasteiger partial charge in [-0.2, -0.15) is 0 Å². The Labute approximate surface area is 156 Å². The van der Waals surface area contributed by atoms with Gasteiger partial charge in [0.15, 0.2) is 0 Å². The van der Waals surface area contributed by atoms with Crippen LogP contribution in [0.5, 0.6) is 0 Å². The summed E-state index contributed by atoms with van der Waals surface area (Å²) < 4.78 is 54.6. The smallest absolute Gasteiger partial charge is 0.264 e. The Kier molecular flexibility index (Phi) is 5.36. The molecule has 26 heavy (non-hydrogen) atoms. The standard InChI is InChI=1S/C17H18ClF2N3O2S/c1-22-6-8-23(9-7-22)16-4-2-12(18)10-15(16)21-26(24,25)17-5-3-13(19)11-14(17)20/h2-5,10-11,21H,6-9H2,1H3. The van der Waals surface area contributed by atoms with Crippen molar-refractivity contribution < 1.29 is 17.2 Å². The highest BCUT2D eigenvalue weighted by Gasteiger charge is 2.23. The van der Waals surface area contributed by atoms with Crippen molar-refractivity contribution in [3.05, 3.63) is 53.1 Å². The van der Waals surface area contributed by atoms with Crippen molar-refractivity contribution in [2.45, 2.75) is 4.90 Å². The average Bonchev–Trinajstić information content (AvgIpc) is 2.55. The Morgan fingerprint density at radius 3 is 2.38 bits per heavy atom. The van der Waals surface area contributed by atoms with Crippen LogP contribution in [-0.4, -0.2) is 46.5 Å². The molecule has 5 nitrogen and oxygen atoms in total. The minimum Gasteiger partial charge on any atom is -0.367 e. The number of piperazine rings is 1. The number of nitrogens with zero attached hydrogens (tertiary/aromatic N) is 2. The summed E-state index contributed by atoms with van der Waals surface area (Å²) in [7, 11) is -2.22. The van der Waals surface area contributed by atoms with E-state index in [0.717, 1.165) is 38.3 Å². The van der Waals surface area contributed by atoms with E-state index in [4.69, 9.17) is 11.6 Å². The lowest BCUT2D eigenvalue weighted by Crippen LogP contribution is -2.44. The lowest BCUT2D eigenvalue weighted by molar-refractivity contribution is 0.313. The van der Waals surface area contributed by atoms with E-state index in [-0.39, 0.29) is 5.69 Å². The third-order valence-electron chi connectivity index (χ3n) is 4.23. The van der Waals surface area contributed by atoms with Gasteiger partial charge in [0.2, 0.25) is 0 Å². The predicted octanol–water partition coefficient (Wildman–Crippen LogP) is 3.17. The highest BCUT2D eigenvalue weighted by Crippen LogP contribution is 2.32. The van der Waals surface area contributed by atoms with Gasteiger partial charge in [0, 0.05) is 37.3 Å². The van der Waals surface area contributed by atoms with Crippen LogP contribution in [0.25, 0.3) is 0 Å². The van der Waals surface area contributed by atoms with E-state index < -0.39 is 26.6 Å². The van der Waals surface area contributed by atoms with Crippen LogP contribution in [0.1, 0.15) is 0 Å². The molecule has 0 amide bonds. The van der Waals surface area contributed by atoms with E-state index in [1.807, 2.05) is 11.9 Å². The van der Waals surface area contributed by atoms with Gasteiger partial charge in [0.05, 0.1) is 11.4 Å². The maximum absolute atomic E-state index is 13.9. The second kappa shape index (κ2) is 7.38. The molecular formula is C17H18ClF2N3O2S. The number of hydrogen-bond donors (Lipinski definition) is 1. The van der Waals surface area contributed by atoms with Crippen molar-refractivity contribution in [1.82, 2.24) is 4.90 Å². The number of benzene rings is 2. The van der Waals surface area contributed by atoms with Gasteiger partial charge in [-0.05, 0) is 37.4 Å². The lowest BCUT2D eigenvalue weighted by atomic mass is 10.2. The molecule has 0 bridgehead atoms. The quantitative estimate of drug-likeness (QED) is 0.855. The third kappa shape index (κ3) is 4.08. The molecule has 1 aliphatic rings. The SMILES string of the molecule is CN1CCN(c2ccc(Cl)cc2NS(=O)(=O)c2ccc(F)cc2F)CC1. The van der Waals surface area contributed by atoms with Crippen LogP contribution in [-0.2, 0) is 10.0 Å². The molecular weight excluding hydrogens is 384 g/mol. The van der Waals surface area contributed by atoms with Gasteiger partial charge in [0.25, 0.3) is 10.0 Å². The number of sulfonamides is 1. The van der Waals surface area contributed by atoms with Crippen molar-refractivity contribution in [2.24, 2.45) is 0 Å². The molecule has 9 heteroatoms. The molecule has 0 aliphatic carbocycles. The second-order valence-electron chi connectivity index (χ2n) is 6.13. The monoisotopic (exact) mass is 401 g/mol. The van der Waals surface area contributed by atoms with Crippen LogP contribution in [0.3, 0.4) is 0 Å². The van der Waals surface area contributed by atoms with Crippen molar-refractivity contribution in [3.63, 3.8) is 0 Å². The molecule has 1 saturated heterocycles. The summed E-state index contributed by atoms with van der Waals surface area (Å²) in [4.78, 5) is 3.59. The third-order valence-corrected chi connectivity index (χ3v) is 5.86. The number of likely N-dealkylation sites (N-methyl/N-ethyl adjacent to an activating group) is 1. The average molecular weight is 402 g/mol. The molecule has 2 aromatic carbocycles. The maximum Gasteiger partial charge on any atom is 0.264 e. The molecule has 1 fully saturated rings. The zero-order valence-corrected chi connectivity index (χ0v) is 15.6. The Morgan fingerprint density at radius 2 is 1.73 bits per heavy atom. The van der Waals surface area contributed by atoms with E-state index in [1.54, 1.807) is 12.1 Å². The minimum atomic E-state index is -4.24. The number of nitrogens with one attached hydrogen (secondary N) is 1. The fraction of sp³-hybridized carbons (Fsp3) is 0.294. The predicted molar refractivity (Wildman–Crippen MR) is 98.3 cm³/mol. The van der Waals surface area contributed by atoms with Crippen LogP contribution in [0, 0.1) is 11.6 Å². The zero-order chi connectivity index (χ0) is 18.9. The topological polar surface area (TPSA) is 52.6 Å². The summed E-state index contributed by atoms with van der Waals surface area (Å²) >= 11 is 6.02. The Morgan fingerprint density at radius 1 is 1.04 bits per heavy atom. The lowest BCUT2D eigenvalue weighted by Gasteiger charge is -2.35. The van der Waals surface area contributed by atoms with Crippen molar-refractivity contribution >= 4 is 33.0 Å². The molecule has 0 radical (unpaired) electrons. The summed E-state index contributed by atoms with van der Waals surface area (Å²) in [6, 6.07) is 7.21. The first-order valence-corrected chi connectivity index (χ1v) is 9.83. The molecule has 2 aromatic rings. The first kappa shape index (κ1) is 18.9. The van der Waals surface area contributed by atoms with Gasteiger partial charge >= 0.3 is 0 Å². The molecule has 1 aliphatic heterocycles. The van der Waals surface area contributed by atoms with Gasteiger partial charge in [0.1, 0.15) is 16.5 Å². The molecule has 0 spiro atoms. The molecule has 0 saturated carbocycles. The van der Waals surface area contributed by atoms with Gasteiger partial charge in [-0.1, -0.05) is 11.6 Å². The Hall–Kier alpha value is -1.90. The van der Waals surface area contributed by atoms with Gasteiger partial charge < -0.3 is 9.80 Å². The summed E-state index contributed by atoms with van der Waals surface area (Å²) in [5.41, 5.74) is 0.916. The molecule has 1 N–H and O–H groups in total. The summed E-state index contributed by atoms with van der Waals surface area (Å²) in [5.74, 6) is -2.00. The fourth-order valence-electron chi connectivity index (χ4n) is 2.81. The van der Waals surface area contributed by atoms with Crippen LogP contribution in [0.2, 0.25) is 5.02 Å².